The fraction of sp³-hybridized carbons (Fsp3) is 0.438. The van der Waals surface area contributed by atoms with Crippen LogP contribution in [0.2, 0.25) is 0 Å². The number of hydrogen-bond donors (Lipinski definition) is 2. The summed E-state index contributed by atoms with van der Waals surface area (Å²) in [6.07, 6.45) is 2.27. The number of rotatable bonds is 5. The van der Waals surface area contributed by atoms with Gasteiger partial charge in [0.1, 0.15) is 0 Å². The number of nitrogens with one attached hydrogen (secondary N) is 2. The van der Waals surface area contributed by atoms with Crippen LogP contribution >= 0.6 is 11.3 Å². The van der Waals surface area contributed by atoms with Gasteiger partial charge in [-0.1, -0.05) is 18.2 Å². The molecule has 1 saturated carbocycles. The molecule has 0 saturated heterocycles. The summed E-state index contributed by atoms with van der Waals surface area (Å²) in [5, 5.41) is 7.66. The van der Waals surface area contributed by atoms with Gasteiger partial charge in [-0.2, -0.15) is 0 Å². The summed E-state index contributed by atoms with van der Waals surface area (Å²) in [5.74, 6) is 0.109. The highest BCUT2D eigenvalue weighted by Gasteiger charge is 2.23. The van der Waals surface area contributed by atoms with Crippen LogP contribution in [0.25, 0.3) is 10.1 Å². The summed E-state index contributed by atoms with van der Waals surface area (Å²) >= 11 is 1.82. The zero-order valence-corrected chi connectivity index (χ0v) is 12.7. The Hall–Kier alpha value is -1.39. The van der Waals surface area contributed by atoms with Crippen LogP contribution in [-0.2, 0) is 4.79 Å². The summed E-state index contributed by atoms with van der Waals surface area (Å²) in [6, 6.07) is 9.11. The summed E-state index contributed by atoms with van der Waals surface area (Å²) in [7, 11) is 0. The van der Waals surface area contributed by atoms with Gasteiger partial charge in [-0.3, -0.25) is 4.79 Å². The number of carbonyl (C=O) groups excluding carboxylic acids is 1. The molecule has 0 bridgehead atoms. The van der Waals surface area contributed by atoms with Crippen molar-refractivity contribution in [2.45, 2.75) is 38.8 Å². The highest BCUT2D eigenvalue weighted by Crippen LogP contribution is 2.34. The number of aryl methyl sites for hydroxylation is 1. The number of fused-ring (bicyclic) bond motifs is 1. The molecule has 106 valence electrons. The van der Waals surface area contributed by atoms with Crippen molar-refractivity contribution in [3.63, 3.8) is 0 Å². The predicted molar refractivity (Wildman–Crippen MR) is 84.1 cm³/mol. The maximum absolute atomic E-state index is 11.7. The first-order valence-corrected chi connectivity index (χ1v) is 7.97. The van der Waals surface area contributed by atoms with Crippen molar-refractivity contribution in [3.8, 4) is 0 Å². The molecule has 2 N–H and O–H groups in total. The molecule has 0 aliphatic heterocycles. The Bertz CT molecular complexity index is 630. The summed E-state index contributed by atoms with van der Waals surface area (Å²) < 4.78 is 1.32. The van der Waals surface area contributed by atoms with Gasteiger partial charge in [-0.15, -0.1) is 11.3 Å². The van der Waals surface area contributed by atoms with E-state index < -0.39 is 0 Å². The van der Waals surface area contributed by atoms with Crippen molar-refractivity contribution in [3.05, 3.63) is 34.7 Å². The first kappa shape index (κ1) is 13.6. The van der Waals surface area contributed by atoms with E-state index >= 15 is 0 Å². The molecule has 20 heavy (non-hydrogen) atoms. The molecule has 1 aliphatic carbocycles. The van der Waals surface area contributed by atoms with Crippen LogP contribution in [-0.4, -0.2) is 18.5 Å². The molecule has 1 atom stereocenters. The molecule has 0 spiro atoms. The molecule has 1 heterocycles. The number of benzene rings is 1. The summed E-state index contributed by atoms with van der Waals surface area (Å²) in [6.45, 7) is 4.68. The Labute approximate surface area is 123 Å². The van der Waals surface area contributed by atoms with E-state index in [1.54, 1.807) is 0 Å². The van der Waals surface area contributed by atoms with Gasteiger partial charge in [-0.25, -0.2) is 0 Å². The van der Waals surface area contributed by atoms with E-state index in [0.717, 1.165) is 12.8 Å². The smallest absolute Gasteiger partial charge is 0.234 e. The highest BCUT2D eigenvalue weighted by atomic mass is 32.1. The van der Waals surface area contributed by atoms with Gasteiger partial charge in [0.05, 0.1) is 6.54 Å². The number of amides is 1. The van der Waals surface area contributed by atoms with E-state index in [-0.39, 0.29) is 11.9 Å². The van der Waals surface area contributed by atoms with Crippen molar-refractivity contribution in [2.75, 3.05) is 6.54 Å². The molecule has 4 heteroatoms. The molecule has 3 nitrogen and oxygen atoms in total. The molecule has 3 rings (SSSR count). The van der Waals surface area contributed by atoms with Gasteiger partial charge in [0.25, 0.3) is 0 Å². The lowest BCUT2D eigenvalue weighted by Crippen LogP contribution is -2.36. The van der Waals surface area contributed by atoms with E-state index in [2.05, 4.69) is 48.7 Å². The minimum atomic E-state index is 0.109. The van der Waals surface area contributed by atoms with Crippen molar-refractivity contribution < 1.29 is 4.79 Å². The Balaban J connectivity index is 1.66. The molecule has 1 unspecified atom stereocenters. The van der Waals surface area contributed by atoms with Gasteiger partial charge >= 0.3 is 0 Å². The van der Waals surface area contributed by atoms with E-state index in [0.29, 0.717) is 12.6 Å². The zero-order chi connectivity index (χ0) is 14.1. The number of carbonyl (C=O) groups is 1. The third-order valence-corrected chi connectivity index (χ3v) is 5.24. The second kappa shape index (κ2) is 5.54. The lowest BCUT2D eigenvalue weighted by molar-refractivity contribution is -0.120. The van der Waals surface area contributed by atoms with Gasteiger partial charge in [0.2, 0.25) is 5.91 Å². The predicted octanol–water partition coefficient (Wildman–Crippen LogP) is 3.14. The largest absolute Gasteiger partial charge is 0.352 e. The molecule has 1 aromatic heterocycles. The van der Waals surface area contributed by atoms with Crippen molar-refractivity contribution in [1.29, 1.82) is 0 Å². The SMILES string of the molecule is Cc1c(C(C)NCC(=O)NC2CC2)sc2ccccc12. The summed E-state index contributed by atoms with van der Waals surface area (Å²) in [4.78, 5) is 13.0. The average molecular weight is 288 g/mol. The highest BCUT2D eigenvalue weighted by molar-refractivity contribution is 7.19. The third-order valence-electron chi connectivity index (χ3n) is 3.79. The molecule has 0 radical (unpaired) electrons. The maximum Gasteiger partial charge on any atom is 0.234 e. The van der Waals surface area contributed by atoms with E-state index in [1.165, 1.54) is 20.5 Å². The van der Waals surface area contributed by atoms with Crippen LogP contribution < -0.4 is 10.6 Å². The maximum atomic E-state index is 11.7. The monoisotopic (exact) mass is 288 g/mol. The van der Waals surface area contributed by atoms with Gasteiger partial charge in [0.15, 0.2) is 0 Å². The molecular formula is C16H20N2OS. The fourth-order valence-corrected chi connectivity index (χ4v) is 3.69. The van der Waals surface area contributed by atoms with Crippen LogP contribution in [0.4, 0.5) is 0 Å². The van der Waals surface area contributed by atoms with E-state index in [1.807, 2.05) is 11.3 Å². The Morgan fingerprint density at radius 3 is 2.85 bits per heavy atom. The molecule has 1 amide bonds. The van der Waals surface area contributed by atoms with Crippen LogP contribution in [0.1, 0.15) is 36.2 Å². The third kappa shape index (κ3) is 2.86. The normalized spacial score (nSPS) is 16.3. The lowest BCUT2D eigenvalue weighted by Gasteiger charge is -2.13. The summed E-state index contributed by atoms with van der Waals surface area (Å²) in [5.41, 5.74) is 1.33. The molecule has 1 fully saturated rings. The second-order valence-corrected chi connectivity index (χ2v) is 6.62. The first-order valence-electron chi connectivity index (χ1n) is 7.16. The van der Waals surface area contributed by atoms with E-state index in [4.69, 9.17) is 0 Å². The molecule has 2 aromatic rings. The number of hydrogen-bond acceptors (Lipinski definition) is 3. The van der Waals surface area contributed by atoms with Crippen LogP contribution in [0, 0.1) is 6.92 Å². The minimum Gasteiger partial charge on any atom is -0.352 e. The standard InChI is InChI=1S/C16H20N2OS/c1-10-13-5-3-4-6-14(13)20-16(10)11(2)17-9-15(19)18-12-7-8-12/h3-6,11-12,17H,7-9H2,1-2H3,(H,18,19). The van der Waals surface area contributed by atoms with Crippen molar-refractivity contribution >= 4 is 27.3 Å². The van der Waals surface area contributed by atoms with Crippen molar-refractivity contribution in [1.82, 2.24) is 10.6 Å². The van der Waals surface area contributed by atoms with Crippen molar-refractivity contribution in [2.24, 2.45) is 0 Å². The molecule has 1 aliphatic rings. The minimum absolute atomic E-state index is 0.109. The zero-order valence-electron chi connectivity index (χ0n) is 11.9. The topological polar surface area (TPSA) is 41.1 Å². The van der Waals surface area contributed by atoms with Crippen LogP contribution in [0.15, 0.2) is 24.3 Å². The Kier molecular flexibility index (Phi) is 3.76. The first-order chi connectivity index (χ1) is 9.65. The average Bonchev–Trinajstić information content (AvgIpc) is 3.19. The quantitative estimate of drug-likeness (QED) is 0.887. The fourth-order valence-electron chi connectivity index (χ4n) is 2.45. The van der Waals surface area contributed by atoms with Gasteiger partial charge in [-0.05, 0) is 43.7 Å². The van der Waals surface area contributed by atoms with Gasteiger partial charge in [0, 0.05) is 21.7 Å². The number of thiophene rings is 1. The Morgan fingerprint density at radius 2 is 2.15 bits per heavy atom. The van der Waals surface area contributed by atoms with E-state index in [9.17, 15) is 4.79 Å². The lowest BCUT2D eigenvalue weighted by atomic mass is 10.1. The second-order valence-electron chi connectivity index (χ2n) is 5.53. The van der Waals surface area contributed by atoms with Gasteiger partial charge < -0.3 is 10.6 Å². The molecular weight excluding hydrogens is 268 g/mol. The van der Waals surface area contributed by atoms with Crippen LogP contribution in [0.5, 0.6) is 0 Å². The van der Waals surface area contributed by atoms with Crippen LogP contribution in [0.3, 0.4) is 0 Å². The Morgan fingerprint density at radius 1 is 1.40 bits per heavy atom. The molecule has 1 aromatic carbocycles.